The number of benzene rings is 1. The third-order valence-electron chi connectivity index (χ3n) is 4.93. The molecule has 0 unspecified atom stereocenters. The topological polar surface area (TPSA) is 186 Å². The van der Waals surface area contributed by atoms with Crippen molar-refractivity contribution >= 4 is 61.2 Å². The summed E-state index contributed by atoms with van der Waals surface area (Å²) >= 11 is 0. The second kappa shape index (κ2) is 17.9. The van der Waals surface area contributed by atoms with E-state index in [9.17, 15) is 29.1 Å². The Labute approximate surface area is 245 Å². The molecule has 1 aromatic carbocycles. The summed E-state index contributed by atoms with van der Waals surface area (Å²) < 4.78 is 9.91. The highest BCUT2D eigenvalue weighted by molar-refractivity contribution is 9.09. The van der Waals surface area contributed by atoms with Gasteiger partial charge in [0.2, 0.25) is 17.7 Å². The number of rotatable bonds is 16. The quantitative estimate of drug-likeness (QED) is 0.103. The van der Waals surface area contributed by atoms with Gasteiger partial charge < -0.3 is 36.3 Å². The Balaban J connectivity index is 2.88. The lowest BCUT2D eigenvalue weighted by Crippen LogP contribution is -2.59. The minimum atomic E-state index is -1.49. The van der Waals surface area contributed by atoms with Crippen LogP contribution in [0.5, 0.6) is 0 Å². The maximum Gasteiger partial charge on any atom is 0.408 e. The summed E-state index contributed by atoms with van der Waals surface area (Å²) in [6, 6.07) is 5.01. The van der Waals surface area contributed by atoms with Crippen LogP contribution in [0.3, 0.4) is 0 Å². The van der Waals surface area contributed by atoms with E-state index in [1.54, 1.807) is 41.1 Å². The van der Waals surface area contributed by atoms with Crippen molar-refractivity contribution in [3.05, 3.63) is 35.9 Å². The molecule has 4 atom stereocenters. The van der Waals surface area contributed by atoms with Crippen molar-refractivity contribution in [1.82, 2.24) is 16.0 Å². The van der Waals surface area contributed by atoms with Crippen molar-refractivity contribution in [2.75, 3.05) is 12.9 Å². The van der Waals surface area contributed by atoms with Crippen LogP contribution < -0.4 is 21.7 Å². The molecule has 0 heterocycles. The molecule has 0 radical (unpaired) electrons. The average Bonchev–Trinajstić information content (AvgIpc) is 2.89. The summed E-state index contributed by atoms with van der Waals surface area (Å²) in [5, 5.41) is 17.5. The third-order valence-corrected chi connectivity index (χ3v) is 9.95. The number of amides is 4. The van der Waals surface area contributed by atoms with Crippen LogP contribution in [-0.2, 0) is 35.3 Å². The Morgan fingerprint density at radius 1 is 1.00 bits per heavy atom. The molecule has 224 valence electrons. The number of hydrogen-bond donors (Lipinski definition) is 5. The van der Waals surface area contributed by atoms with Crippen molar-refractivity contribution < 1.29 is 38.6 Å². The largest absolute Gasteiger partial charge is 0.467 e. The number of aliphatic hydroxyl groups is 1. The molecule has 15 heteroatoms. The second-order valence-corrected chi connectivity index (χ2v) is 14.6. The van der Waals surface area contributed by atoms with E-state index in [1.165, 1.54) is 34.7 Å². The molecule has 0 aliphatic carbocycles. The first-order chi connectivity index (χ1) is 18.7. The van der Waals surface area contributed by atoms with Crippen molar-refractivity contribution in [1.29, 1.82) is 0 Å². The van der Waals surface area contributed by atoms with Crippen molar-refractivity contribution in [2.45, 2.75) is 76.1 Å². The van der Waals surface area contributed by atoms with Crippen molar-refractivity contribution in [3.63, 3.8) is 0 Å². The molecular weight excluding hydrogens is 580 g/mol. The Kier molecular flexibility index (Phi) is 15.9. The van der Waals surface area contributed by atoms with E-state index < -0.39 is 54.0 Å². The standard InChI is InChI=1S/C25H38N4O8S3/c1-15(30)20(22(33)27-18(23(34)36-5)14-38-40-39-25(2,3)4)29-21(32)17(11-12-19(26)31)28-24(35)37-13-16-9-7-6-8-10-16/h6-10,15,17-18,20,30H,11-14H2,1-5H3,(H2,26,31)(H,27,33)(H,28,35)(H,29,32)/t15-,17+,18+,20+/m1/s1. The monoisotopic (exact) mass is 618 g/mol. The van der Waals surface area contributed by atoms with Crippen molar-refractivity contribution in [3.8, 4) is 0 Å². The highest BCUT2D eigenvalue weighted by Gasteiger charge is 2.33. The number of carbonyl (C=O) groups excluding carboxylic acids is 5. The van der Waals surface area contributed by atoms with E-state index >= 15 is 0 Å². The van der Waals surface area contributed by atoms with Crippen LogP contribution in [0, 0.1) is 0 Å². The molecule has 0 saturated heterocycles. The van der Waals surface area contributed by atoms with E-state index in [-0.39, 0.29) is 29.9 Å². The first-order valence-corrected chi connectivity index (χ1v) is 16.0. The Bertz CT molecular complexity index is 992. The maximum absolute atomic E-state index is 13.0. The molecule has 0 fully saturated rings. The molecule has 12 nitrogen and oxygen atoms in total. The van der Waals surface area contributed by atoms with Gasteiger partial charge in [0.1, 0.15) is 24.7 Å². The summed E-state index contributed by atoms with van der Waals surface area (Å²) in [6.07, 6.45) is -2.73. The van der Waals surface area contributed by atoms with Crippen LogP contribution in [0.1, 0.15) is 46.1 Å². The zero-order valence-electron chi connectivity index (χ0n) is 23.1. The fourth-order valence-corrected chi connectivity index (χ4v) is 7.68. The predicted molar refractivity (Wildman–Crippen MR) is 157 cm³/mol. The average molecular weight is 619 g/mol. The van der Waals surface area contributed by atoms with Gasteiger partial charge in [-0.05, 0) is 28.7 Å². The number of alkyl carbamates (subject to hydrolysis) is 1. The van der Waals surface area contributed by atoms with Gasteiger partial charge in [-0.25, -0.2) is 9.59 Å². The van der Waals surface area contributed by atoms with E-state index in [0.717, 1.165) is 5.56 Å². The molecule has 0 saturated carbocycles. The number of nitrogens with one attached hydrogen (secondary N) is 3. The van der Waals surface area contributed by atoms with Gasteiger partial charge in [0, 0.05) is 16.9 Å². The van der Waals surface area contributed by atoms with Gasteiger partial charge in [-0.2, -0.15) is 0 Å². The van der Waals surface area contributed by atoms with Crippen molar-refractivity contribution in [2.24, 2.45) is 5.73 Å². The first-order valence-electron chi connectivity index (χ1n) is 12.3. The van der Waals surface area contributed by atoms with E-state index in [1.807, 2.05) is 20.8 Å². The van der Waals surface area contributed by atoms with E-state index in [0.29, 0.717) is 0 Å². The number of aliphatic hydroxyl groups excluding tert-OH is 1. The third kappa shape index (κ3) is 14.7. The predicted octanol–water partition coefficient (Wildman–Crippen LogP) is 1.90. The van der Waals surface area contributed by atoms with Crippen LogP contribution in [-0.4, -0.2) is 76.7 Å². The SMILES string of the molecule is COC(=O)[C@H](CSSSC(C)(C)C)NC(=O)[C@@H](NC(=O)[C@H](CCC(N)=O)NC(=O)OCc1ccccc1)[C@@H](C)O. The number of methoxy groups -OCH3 is 1. The summed E-state index contributed by atoms with van der Waals surface area (Å²) in [7, 11) is 5.57. The molecule has 1 aromatic rings. The Hall–Kier alpha value is -2.62. The molecule has 0 bridgehead atoms. The minimum Gasteiger partial charge on any atom is -0.467 e. The normalized spacial score (nSPS) is 14.2. The van der Waals surface area contributed by atoms with E-state index in [4.69, 9.17) is 15.2 Å². The lowest BCUT2D eigenvalue weighted by Gasteiger charge is -2.26. The molecular formula is C25H38N4O8S3. The van der Waals surface area contributed by atoms with Gasteiger partial charge in [0.05, 0.1) is 13.2 Å². The van der Waals surface area contributed by atoms with Crippen LogP contribution >= 0.6 is 31.4 Å². The molecule has 4 amide bonds. The number of esters is 1. The second-order valence-electron chi connectivity index (χ2n) is 9.62. The molecule has 6 N–H and O–H groups in total. The molecule has 0 aliphatic rings. The fourth-order valence-electron chi connectivity index (χ4n) is 2.92. The number of primary amides is 1. The van der Waals surface area contributed by atoms with Crippen LogP contribution in [0.15, 0.2) is 30.3 Å². The van der Waals surface area contributed by atoms with Crippen LogP contribution in [0.25, 0.3) is 0 Å². The smallest absolute Gasteiger partial charge is 0.408 e. The number of carbonyl (C=O) groups is 5. The number of hydrogen-bond acceptors (Lipinski definition) is 11. The van der Waals surface area contributed by atoms with E-state index in [2.05, 4.69) is 16.0 Å². The molecule has 0 aromatic heterocycles. The molecule has 1 rings (SSSR count). The highest BCUT2D eigenvalue weighted by atomic mass is 33.5. The van der Waals surface area contributed by atoms with Gasteiger partial charge in [-0.15, -0.1) is 0 Å². The summed E-state index contributed by atoms with van der Waals surface area (Å²) in [4.78, 5) is 62.0. The van der Waals surface area contributed by atoms with Gasteiger partial charge in [-0.1, -0.05) is 72.7 Å². The van der Waals surface area contributed by atoms with Gasteiger partial charge in [0.25, 0.3) is 0 Å². The molecule has 40 heavy (non-hydrogen) atoms. The first kappa shape index (κ1) is 35.4. The summed E-state index contributed by atoms with van der Waals surface area (Å²) in [5.41, 5.74) is 5.92. The lowest BCUT2D eigenvalue weighted by atomic mass is 10.1. The lowest BCUT2D eigenvalue weighted by molar-refractivity contribution is -0.145. The fraction of sp³-hybridized carbons (Fsp3) is 0.560. The number of ether oxygens (including phenoxy) is 2. The van der Waals surface area contributed by atoms with Crippen LogP contribution in [0.4, 0.5) is 4.79 Å². The zero-order chi connectivity index (χ0) is 30.3. The highest BCUT2D eigenvalue weighted by Crippen LogP contribution is 2.43. The molecule has 0 aliphatic heterocycles. The zero-order valence-corrected chi connectivity index (χ0v) is 25.6. The molecule has 0 spiro atoms. The Morgan fingerprint density at radius 3 is 2.20 bits per heavy atom. The summed E-state index contributed by atoms with van der Waals surface area (Å²) in [5.74, 6) is -2.93. The Morgan fingerprint density at radius 2 is 1.65 bits per heavy atom. The minimum absolute atomic E-state index is 0.0174. The van der Waals surface area contributed by atoms with Crippen LogP contribution in [0.2, 0.25) is 0 Å². The van der Waals surface area contributed by atoms with Gasteiger partial charge in [0.15, 0.2) is 0 Å². The summed E-state index contributed by atoms with van der Waals surface area (Å²) in [6.45, 7) is 7.33. The van der Waals surface area contributed by atoms with Gasteiger partial charge in [-0.3, -0.25) is 14.4 Å². The van der Waals surface area contributed by atoms with Gasteiger partial charge >= 0.3 is 12.1 Å². The maximum atomic E-state index is 13.0. The number of nitrogens with two attached hydrogens (primary N) is 1.